The highest BCUT2D eigenvalue weighted by Crippen LogP contribution is 2.30. The lowest BCUT2D eigenvalue weighted by Gasteiger charge is -2.22. The molecule has 0 N–H and O–H groups in total. The number of nitrogens with zero attached hydrogens (tertiary/aromatic N) is 1. The first-order valence-electron chi connectivity index (χ1n) is 6.19. The summed E-state index contributed by atoms with van der Waals surface area (Å²) in [4.78, 5) is 12.1. The van der Waals surface area contributed by atoms with Crippen LogP contribution in [0.5, 0.6) is 11.5 Å². The number of carbonyl (C=O) groups is 1. The van der Waals surface area contributed by atoms with E-state index in [-0.39, 0.29) is 29.8 Å². The van der Waals surface area contributed by atoms with Crippen LogP contribution in [0.1, 0.15) is 16.8 Å². The van der Waals surface area contributed by atoms with Crippen LogP contribution in [0.25, 0.3) is 0 Å². The van der Waals surface area contributed by atoms with E-state index < -0.39 is 0 Å². The fourth-order valence-electron chi connectivity index (χ4n) is 1.86. The third-order valence-corrected chi connectivity index (χ3v) is 2.69. The maximum atomic E-state index is 12.1. The summed E-state index contributed by atoms with van der Waals surface area (Å²) in [6.45, 7) is 1.78. The van der Waals surface area contributed by atoms with Crippen molar-refractivity contribution < 1.29 is 42.7 Å². The van der Waals surface area contributed by atoms with Crippen molar-refractivity contribution >= 4 is 5.78 Å². The van der Waals surface area contributed by atoms with Crippen LogP contribution in [0.15, 0.2) is 18.2 Å². The summed E-state index contributed by atoms with van der Waals surface area (Å²) in [6.07, 6.45) is 0.872. The first-order valence-corrected chi connectivity index (χ1v) is 6.19. The van der Waals surface area contributed by atoms with Crippen molar-refractivity contribution in [1.29, 1.82) is 0 Å². The van der Waals surface area contributed by atoms with Gasteiger partial charge in [0.25, 0.3) is 0 Å². The van der Waals surface area contributed by atoms with Gasteiger partial charge < -0.3 is 37.9 Å². The molecule has 4 nitrogen and oxygen atoms in total. The fraction of sp³-hybridized carbons (Fsp3) is 0.500. The molecular formula is C14H20INO3. The molecule has 0 fully saturated rings. The second-order valence-corrected chi connectivity index (χ2v) is 5.58. The van der Waals surface area contributed by atoms with Gasteiger partial charge in [0.1, 0.15) is 6.54 Å². The highest BCUT2D eigenvalue weighted by atomic mass is 127. The maximum Gasteiger partial charge on any atom is 0.217 e. The molecule has 1 heterocycles. The number of hydrogen-bond acceptors (Lipinski definition) is 3. The summed E-state index contributed by atoms with van der Waals surface area (Å²) in [5, 5.41) is 0. The summed E-state index contributed by atoms with van der Waals surface area (Å²) in [6, 6.07) is 5.42. The molecule has 5 heteroatoms. The van der Waals surface area contributed by atoms with Crippen LogP contribution in [-0.2, 0) is 0 Å². The lowest BCUT2D eigenvalue weighted by atomic mass is 10.1. The van der Waals surface area contributed by atoms with Gasteiger partial charge in [-0.2, -0.15) is 0 Å². The predicted molar refractivity (Wildman–Crippen MR) is 69.3 cm³/mol. The molecule has 0 spiro atoms. The fourth-order valence-corrected chi connectivity index (χ4v) is 1.86. The molecule has 1 aromatic rings. The number of ketones is 1. The van der Waals surface area contributed by atoms with Gasteiger partial charge in [0, 0.05) is 12.0 Å². The Kier molecular flexibility index (Phi) is 5.61. The largest absolute Gasteiger partial charge is 1.00 e. The van der Waals surface area contributed by atoms with Crippen LogP contribution in [0.2, 0.25) is 0 Å². The van der Waals surface area contributed by atoms with Gasteiger partial charge in [-0.15, -0.1) is 0 Å². The standard InChI is InChI=1S/C14H20NO3.HI/c1-15(2,3)10-12(16)11-5-6-13-14(9-11)18-8-4-7-17-13;/h5-6,9H,4,7-8,10H2,1-3H3;1H/q+1;/p-1. The molecule has 0 aromatic heterocycles. The number of ether oxygens (including phenoxy) is 2. The summed E-state index contributed by atoms with van der Waals surface area (Å²) < 4.78 is 11.7. The molecule has 1 aliphatic heterocycles. The molecule has 0 radical (unpaired) electrons. The van der Waals surface area contributed by atoms with Crippen molar-refractivity contribution in [2.45, 2.75) is 6.42 Å². The molecule has 0 amide bonds. The number of carbonyl (C=O) groups excluding carboxylic acids is 1. The first kappa shape index (κ1) is 16.2. The molecular weight excluding hydrogens is 357 g/mol. The number of quaternary nitrogens is 1. The zero-order chi connectivity index (χ0) is 13.2. The summed E-state index contributed by atoms with van der Waals surface area (Å²) in [5.74, 6) is 1.53. The predicted octanol–water partition coefficient (Wildman–Crippen LogP) is -1.26. The van der Waals surface area contributed by atoms with Gasteiger partial charge in [0.05, 0.1) is 34.4 Å². The van der Waals surface area contributed by atoms with Crippen LogP contribution in [0.4, 0.5) is 0 Å². The lowest BCUT2D eigenvalue weighted by molar-refractivity contribution is -0.861. The molecule has 2 rings (SSSR count). The van der Waals surface area contributed by atoms with E-state index in [2.05, 4.69) is 0 Å². The normalized spacial score (nSPS) is 14.3. The Morgan fingerprint density at radius 3 is 2.42 bits per heavy atom. The van der Waals surface area contributed by atoms with E-state index in [1.165, 1.54) is 0 Å². The second kappa shape index (κ2) is 6.56. The van der Waals surface area contributed by atoms with E-state index in [0.717, 1.165) is 12.2 Å². The van der Waals surface area contributed by atoms with Crippen LogP contribution < -0.4 is 33.5 Å². The van der Waals surface area contributed by atoms with Crippen LogP contribution in [0.3, 0.4) is 0 Å². The van der Waals surface area contributed by atoms with Crippen molar-refractivity contribution in [3.63, 3.8) is 0 Å². The number of fused-ring (bicyclic) bond motifs is 1. The van der Waals surface area contributed by atoms with E-state index in [1.807, 2.05) is 33.3 Å². The summed E-state index contributed by atoms with van der Waals surface area (Å²) in [7, 11) is 6.00. The quantitative estimate of drug-likeness (QED) is 0.375. The number of rotatable bonds is 3. The Bertz CT molecular complexity index is 454. The molecule has 19 heavy (non-hydrogen) atoms. The van der Waals surface area contributed by atoms with Crippen LogP contribution in [-0.4, -0.2) is 51.2 Å². The van der Waals surface area contributed by atoms with Gasteiger partial charge in [0.2, 0.25) is 5.78 Å². The van der Waals surface area contributed by atoms with E-state index in [4.69, 9.17) is 9.47 Å². The molecule has 106 valence electrons. The van der Waals surface area contributed by atoms with Gasteiger partial charge >= 0.3 is 0 Å². The second-order valence-electron chi connectivity index (χ2n) is 5.58. The first-order chi connectivity index (χ1) is 8.46. The summed E-state index contributed by atoms with van der Waals surface area (Å²) in [5.41, 5.74) is 0.687. The Hall–Kier alpha value is -0.820. The highest BCUT2D eigenvalue weighted by molar-refractivity contribution is 5.97. The van der Waals surface area contributed by atoms with E-state index >= 15 is 0 Å². The number of halogens is 1. The average molecular weight is 377 g/mol. The Morgan fingerprint density at radius 2 is 1.79 bits per heavy atom. The minimum atomic E-state index is 0. The zero-order valence-electron chi connectivity index (χ0n) is 11.6. The van der Waals surface area contributed by atoms with Crippen molar-refractivity contribution in [1.82, 2.24) is 0 Å². The van der Waals surface area contributed by atoms with Crippen molar-refractivity contribution in [3.05, 3.63) is 23.8 Å². The topological polar surface area (TPSA) is 35.5 Å². The average Bonchev–Trinajstić information content (AvgIpc) is 2.50. The van der Waals surface area contributed by atoms with Gasteiger partial charge in [-0.05, 0) is 18.2 Å². The molecule has 0 unspecified atom stereocenters. The van der Waals surface area contributed by atoms with Gasteiger partial charge in [-0.25, -0.2) is 0 Å². The van der Waals surface area contributed by atoms with Crippen LogP contribution in [0, 0.1) is 0 Å². The van der Waals surface area contributed by atoms with Crippen molar-refractivity contribution in [2.24, 2.45) is 0 Å². The molecule has 0 aliphatic carbocycles. The Morgan fingerprint density at radius 1 is 1.16 bits per heavy atom. The van der Waals surface area contributed by atoms with Crippen molar-refractivity contribution in [3.8, 4) is 11.5 Å². The van der Waals surface area contributed by atoms with E-state index in [0.29, 0.717) is 35.6 Å². The minimum Gasteiger partial charge on any atom is -1.00 e. The molecule has 1 aliphatic rings. The Labute approximate surface area is 131 Å². The number of hydrogen-bond donors (Lipinski definition) is 0. The Balaban J connectivity index is 0.00000180. The molecule has 0 saturated carbocycles. The number of likely N-dealkylation sites (N-methyl/N-ethyl adjacent to an activating group) is 1. The van der Waals surface area contributed by atoms with Gasteiger partial charge in [-0.1, -0.05) is 0 Å². The van der Waals surface area contributed by atoms with Gasteiger partial charge in [-0.3, -0.25) is 4.79 Å². The monoisotopic (exact) mass is 377 g/mol. The zero-order valence-corrected chi connectivity index (χ0v) is 13.8. The van der Waals surface area contributed by atoms with Crippen LogP contribution >= 0.6 is 0 Å². The highest BCUT2D eigenvalue weighted by Gasteiger charge is 2.19. The smallest absolute Gasteiger partial charge is 0.217 e. The molecule has 0 atom stereocenters. The lowest BCUT2D eigenvalue weighted by Crippen LogP contribution is -3.00. The number of benzene rings is 1. The van der Waals surface area contributed by atoms with Crippen molar-refractivity contribution in [2.75, 3.05) is 40.9 Å². The third kappa shape index (κ3) is 4.65. The summed E-state index contributed by atoms with van der Waals surface area (Å²) >= 11 is 0. The maximum absolute atomic E-state index is 12.1. The molecule has 1 aromatic carbocycles. The third-order valence-electron chi connectivity index (χ3n) is 2.69. The van der Waals surface area contributed by atoms with E-state index in [9.17, 15) is 4.79 Å². The number of Topliss-reactive ketones (excluding diaryl/α,β-unsaturated/α-hetero) is 1. The molecule has 0 saturated heterocycles. The SMILES string of the molecule is C[N+](C)(C)CC(=O)c1ccc2c(c1)OCCCO2.[I-]. The minimum absolute atomic E-state index is 0. The van der Waals surface area contributed by atoms with Gasteiger partial charge in [0.15, 0.2) is 11.5 Å². The molecule has 0 bridgehead atoms. The van der Waals surface area contributed by atoms with E-state index in [1.54, 1.807) is 6.07 Å².